The largest absolute Gasteiger partial charge is 2.00 e. The first-order valence-corrected chi connectivity index (χ1v) is 18.9. The summed E-state index contributed by atoms with van der Waals surface area (Å²) in [6, 6.07) is 44.1. The smallest absolute Gasteiger partial charge is 0.491 e. The summed E-state index contributed by atoms with van der Waals surface area (Å²) < 4.78 is 9.33. The minimum Gasteiger partial charge on any atom is -0.491 e. The summed E-state index contributed by atoms with van der Waals surface area (Å²) >= 11 is 1.81. The molecule has 264 valence electrons. The van der Waals surface area contributed by atoms with Crippen LogP contribution in [0.25, 0.3) is 86.7 Å². The van der Waals surface area contributed by atoms with Crippen LogP contribution in [0.3, 0.4) is 0 Å². The number of pyridine rings is 2. The zero-order valence-corrected chi connectivity index (χ0v) is 33.9. The number of fused-ring (bicyclic) bond motifs is 8. The van der Waals surface area contributed by atoms with Gasteiger partial charge in [-0.2, -0.15) is 0 Å². The number of aromatic nitrogens is 2. The van der Waals surface area contributed by atoms with E-state index in [-0.39, 0.29) is 31.9 Å². The van der Waals surface area contributed by atoms with Crippen LogP contribution in [-0.2, 0) is 33.9 Å². The fourth-order valence-corrected chi connectivity index (χ4v) is 8.86. The van der Waals surface area contributed by atoms with E-state index in [9.17, 15) is 0 Å². The Kier molecular flexibility index (Phi) is 8.91. The van der Waals surface area contributed by atoms with Gasteiger partial charge in [0.2, 0.25) is 0 Å². The van der Waals surface area contributed by atoms with Crippen molar-refractivity contribution in [1.82, 2.24) is 9.97 Å². The molecule has 0 amide bonds. The predicted molar refractivity (Wildman–Crippen MR) is 220 cm³/mol. The molecule has 0 bridgehead atoms. The van der Waals surface area contributed by atoms with Gasteiger partial charge in [0.25, 0.3) is 0 Å². The second-order valence-electron chi connectivity index (χ2n) is 16.5. The van der Waals surface area contributed by atoms with Crippen molar-refractivity contribution in [3.63, 3.8) is 0 Å². The van der Waals surface area contributed by atoms with Gasteiger partial charge in [-0.1, -0.05) is 124 Å². The van der Waals surface area contributed by atoms with E-state index in [1.165, 1.54) is 26.6 Å². The second kappa shape index (κ2) is 13.3. The monoisotopic (exact) mass is 887 g/mol. The van der Waals surface area contributed by atoms with Crippen LogP contribution >= 0.6 is 11.3 Å². The first-order chi connectivity index (χ1) is 25.0. The molecule has 9 aromatic rings. The molecule has 0 N–H and O–H groups in total. The van der Waals surface area contributed by atoms with Crippen LogP contribution in [0.4, 0.5) is 0 Å². The fourth-order valence-electron chi connectivity index (χ4n) is 7.62. The topological polar surface area (TPSA) is 38.9 Å². The zero-order chi connectivity index (χ0) is 35.8. The average Bonchev–Trinajstić information content (AvgIpc) is 3.68. The maximum Gasteiger partial charge on any atom is 2.00 e. The Bertz CT molecular complexity index is 2820. The maximum atomic E-state index is 6.94. The Morgan fingerprint density at radius 3 is 2.08 bits per heavy atom. The fraction of sp³-hybridized carbons (Fsp3) is 0.208. The number of nitrogens with zero attached hydrogens (tertiary/aromatic N) is 2. The van der Waals surface area contributed by atoms with Gasteiger partial charge >= 0.3 is 21.1 Å². The molecule has 0 aliphatic carbocycles. The summed E-state index contributed by atoms with van der Waals surface area (Å²) in [4.78, 5) is 10.1. The molecule has 0 aliphatic heterocycles. The van der Waals surface area contributed by atoms with E-state index < -0.39 is 0 Å². The van der Waals surface area contributed by atoms with Gasteiger partial charge in [-0.3, -0.25) is 4.98 Å². The molecular formula is C48H40N2OPtS. The van der Waals surface area contributed by atoms with Crippen molar-refractivity contribution in [2.24, 2.45) is 10.8 Å². The van der Waals surface area contributed by atoms with Crippen LogP contribution in [0, 0.1) is 23.0 Å². The minimum atomic E-state index is 0. The Morgan fingerprint density at radius 2 is 1.34 bits per heavy atom. The molecule has 5 heteroatoms. The molecule has 53 heavy (non-hydrogen) atoms. The third kappa shape index (κ3) is 6.73. The van der Waals surface area contributed by atoms with E-state index in [4.69, 9.17) is 9.40 Å². The Labute approximate surface area is 329 Å². The standard InChI is InChI=1S/C48H40N2OS.Pt/c1-47(2,3)27-29-18-20-36-41(22-29)51-45-38(25-31-12-7-8-15-34(31)43(36)45)44-46-37(35-19-17-30(23-42(35)52-46)28-48(4,5)6)26-40(50-44)33-14-11-13-32(24-33)39-16-9-10-21-49-39;/h7-23,26H,27-28H2,1-6H3;/q-2;+2. The summed E-state index contributed by atoms with van der Waals surface area (Å²) in [5.74, 6) is 0. The van der Waals surface area contributed by atoms with Crippen LogP contribution in [0.5, 0.6) is 0 Å². The normalized spacial score (nSPS) is 12.3. The van der Waals surface area contributed by atoms with Gasteiger partial charge in [-0.25, -0.2) is 0 Å². The molecule has 9 rings (SSSR count). The van der Waals surface area contributed by atoms with E-state index in [0.29, 0.717) is 0 Å². The molecule has 4 heterocycles. The molecule has 0 fully saturated rings. The number of hydrogen-bond acceptors (Lipinski definition) is 4. The Morgan fingerprint density at radius 1 is 0.642 bits per heavy atom. The molecule has 0 radical (unpaired) electrons. The first kappa shape index (κ1) is 35.4. The maximum absolute atomic E-state index is 6.94. The number of furan rings is 1. The van der Waals surface area contributed by atoms with Crippen LogP contribution in [-0.4, -0.2) is 9.97 Å². The summed E-state index contributed by atoms with van der Waals surface area (Å²) in [7, 11) is 0. The quantitative estimate of drug-likeness (QED) is 0.162. The van der Waals surface area contributed by atoms with Gasteiger partial charge in [0.1, 0.15) is 5.58 Å². The van der Waals surface area contributed by atoms with Crippen molar-refractivity contribution in [3.8, 4) is 33.8 Å². The van der Waals surface area contributed by atoms with Gasteiger partial charge in [0.15, 0.2) is 0 Å². The van der Waals surface area contributed by atoms with E-state index >= 15 is 0 Å². The minimum absolute atomic E-state index is 0. The third-order valence-electron chi connectivity index (χ3n) is 9.68. The predicted octanol–water partition coefficient (Wildman–Crippen LogP) is 13.7. The molecule has 0 spiro atoms. The van der Waals surface area contributed by atoms with E-state index in [1.54, 1.807) is 0 Å². The molecule has 0 saturated carbocycles. The van der Waals surface area contributed by atoms with Crippen molar-refractivity contribution in [2.75, 3.05) is 0 Å². The molecule has 3 nitrogen and oxygen atoms in total. The van der Waals surface area contributed by atoms with Crippen molar-refractivity contribution < 1.29 is 25.5 Å². The molecular weight excluding hydrogens is 848 g/mol. The summed E-state index contributed by atoms with van der Waals surface area (Å²) in [5.41, 5.74) is 10.1. The average molecular weight is 888 g/mol. The molecule has 0 aliphatic rings. The Hall–Kier alpha value is -4.63. The zero-order valence-electron chi connectivity index (χ0n) is 30.8. The Balaban J connectivity index is 0.00000400. The van der Waals surface area contributed by atoms with Crippen molar-refractivity contribution in [3.05, 3.63) is 133 Å². The molecule has 5 aromatic carbocycles. The van der Waals surface area contributed by atoms with Crippen molar-refractivity contribution >= 4 is 64.2 Å². The van der Waals surface area contributed by atoms with E-state index in [2.05, 4.69) is 144 Å². The van der Waals surface area contributed by atoms with Crippen LogP contribution in [0.2, 0.25) is 0 Å². The van der Waals surface area contributed by atoms with Crippen LogP contribution in [0.1, 0.15) is 52.7 Å². The summed E-state index contributed by atoms with van der Waals surface area (Å²) in [6.07, 6.45) is 3.80. The molecule has 0 saturated heterocycles. The summed E-state index contributed by atoms with van der Waals surface area (Å²) in [5, 5.41) is 6.82. The first-order valence-electron chi connectivity index (χ1n) is 18.1. The number of thiophene rings is 1. The molecule has 0 unspecified atom stereocenters. The van der Waals surface area contributed by atoms with Crippen LogP contribution in [0.15, 0.2) is 114 Å². The van der Waals surface area contributed by atoms with Crippen molar-refractivity contribution in [2.45, 2.75) is 54.4 Å². The van der Waals surface area contributed by atoms with Crippen molar-refractivity contribution in [1.29, 1.82) is 0 Å². The van der Waals surface area contributed by atoms with E-state index in [0.717, 1.165) is 84.0 Å². The number of benzene rings is 5. The van der Waals surface area contributed by atoms with Gasteiger partial charge < -0.3 is 9.40 Å². The van der Waals surface area contributed by atoms with Gasteiger partial charge in [-0.05, 0) is 74.9 Å². The van der Waals surface area contributed by atoms with Gasteiger partial charge in [0.05, 0.1) is 5.58 Å². The number of hydrogen-bond donors (Lipinski definition) is 0. The molecule has 4 aromatic heterocycles. The second-order valence-corrected chi connectivity index (χ2v) is 17.6. The third-order valence-corrected chi connectivity index (χ3v) is 10.9. The van der Waals surface area contributed by atoms with Gasteiger partial charge in [0, 0.05) is 32.4 Å². The van der Waals surface area contributed by atoms with Crippen LogP contribution < -0.4 is 0 Å². The summed E-state index contributed by atoms with van der Waals surface area (Å²) in [6.45, 7) is 13.7. The number of rotatable bonds is 5. The molecule has 0 atom stereocenters. The van der Waals surface area contributed by atoms with Gasteiger partial charge in [-0.15, -0.1) is 53.1 Å². The SMILES string of the molecule is CC(C)(C)Cc1ccc2c(c1)oc1c(-c3nc(-c4[c-]c(-c5ccccn5)ccc4)cc4c3sc3cc(CC(C)(C)C)ccc34)[c-]c3ccccc3c12.[Pt+2]. The van der Waals surface area contributed by atoms with E-state index in [1.807, 2.05) is 35.7 Å².